The van der Waals surface area contributed by atoms with Gasteiger partial charge in [0.2, 0.25) is 5.91 Å². The van der Waals surface area contributed by atoms with Gasteiger partial charge in [0, 0.05) is 6.42 Å². The van der Waals surface area contributed by atoms with Gasteiger partial charge in [-0.05, 0) is 48.5 Å². The van der Waals surface area contributed by atoms with Crippen molar-refractivity contribution in [3.05, 3.63) is 84.7 Å². The number of rotatable bonds is 7. The maximum Gasteiger partial charge on any atom is 0.225 e. The molecule has 5 nitrogen and oxygen atoms in total. The minimum atomic E-state index is -3.68. The molecule has 0 unspecified atom stereocenters. The van der Waals surface area contributed by atoms with Crippen LogP contribution < -0.4 is 10.1 Å². The molecule has 0 aromatic heterocycles. The zero-order valence-electron chi connectivity index (χ0n) is 14.8. The summed E-state index contributed by atoms with van der Waals surface area (Å²) in [5.41, 5.74) is 0.440. The summed E-state index contributed by atoms with van der Waals surface area (Å²) in [5, 5.41) is 2.68. The standard InChI is InChI=1S/C21H18FNO4S/c22-16-10-12-18(13-11-16)28(25,26)15-14-21(24)23-19-8-4-5-9-20(19)27-17-6-2-1-3-7-17/h1-13H,14-15H2,(H,23,24). The predicted octanol–water partition coefficient (Wildman–Crippen LogP) is 4.42. The van der Waals surface area contributed by atoms with E-state index >= 15 is 0 Å². The first-order valence-electron chi connectivity index (χ1n) is 8.54. The number of benzene rings is 3. The fraction of sp³-hybridized carbons (Fsp3) is 0.0952. The Morgan fingerprint density at radius 1 is 0.893 bits per heavy atom. The van der Waals surface area contributed by atoms with Gasteiger partial charge in [0.1, 0.15) is 11.6 Å². The second-order valence-electron chi connectivity index (χ2n) is 5.98. The fourth-order valence-electron chi connectivity index (χ4n) is 2.47. The number of hydrogen-bond acceptors (Lipinski definition) is 4. The summed E-state index contributed by atoms with van der Waals surface area (Å²) in [6.45, 7) is 0. The first kappa shape index (κ1) is 19.6. The number of amides is 1. The Labute approximate surface area is 162 Å². The van der Waals surface area contributed by atoms with E-state index in [1.807, 2.05) is 18.2 Å². The van der Waals surface area contributed by atoms with Gasteiger partial charge in [-0.1, -0.05) is 30.3 Å². The highest BCUT2D eigenvalue weighted by atomic mass is 32.2. The number of ether oxygens (including phenoxy) is 1. The molecule has 3 aromatic rings. The topological polar surface area (TPSA) is 72.5 Å². The average molecular weight is 399 g/mol. The molecule has 0 radical (unpaired) electrons. The average Bonchev–Trinajstić information content (AvgIpc) is 2.69. The molecule has 0 aliphatic heterocycles. The normalized spacial score (nSPS) is 11.0. The second kappa shape index (κ2) is 8.67. The summed E-state index contributed by atoms with van der Waals surface area (Å²) >= 11 is 0. The van der Waals surface area contributed by atoms with Gasteiger partial charge in [-0.15, -0.1) is 0 Å². The number of anilines is 1. The van der Waals surface area contributed by atoms with Crippen molar-refractivity contribution in [3.63, 3.8) is 0 Å². The Kier molecular flexibility index (Phi) is 6.06. The number of hydrogen-bond donors (Lipinski definition) is 1. The molecular formula is C21H18FNO4S. The number of halogens is 1. The highest BCUT2D eigenvalue weighted by molar-refractivity contribution is 7.91. The first-order chi connectivity index (χ1) is 13.4. The summed E-state index contributed by atoms with van der Waals surface area (Å²) in [5.74, 6) is -0.306. The first-order valence-corrected chi connectivity index (χ1v) is 10.2. The van der Waals surface area contributed by atoms with Gasteiger partial charge in [0.25, 0.3) is 0 Å². The molecule has 1 N–H and O–H groups in total. The Morgan fingerprint density at radius 2 is 1.54 bits per heavy atom. The smallest absolute Gasteiger partial charge is 0.225 e. The lowest BCUT2D eigenvalue weighted by molar-refractivity contribution is -0.115. The lowest BCUT2D eigenvalue weighted by atomic mass is 10.2. The summed E-state index contributed by atoms with van der Waals surface area (Å²) in [7, 11) is -3.68. The van der Waals surface area contributed by atoms with Crippen LogP contribution in [0.3, 0.4) is 0 Å². The molecule has 0 saturated heterocycles. The van der Waals surface area contributed by atoms with Crippen molar-refractivity contribution in [2.24, 2.45) is 0 Å². The van der Waals surface area contributed by atoms with Crippen LogP contribution in [-0.4, -0.2) is 20.1 Å². The maximum atomic E-state index is 13.0. The van der Waals surface area contributed by atoms with Crippen molar-refractivity contribution in [1.29, 1.82) is 0 Å². The van der Waals surface area contributed by atoms with Crippen LogP contribution in [0.5, 0.6) is 11.5 Å². The molecule has 0 fully saturated rings. The van der Waals surface area contributed by atoms with Gasteiger partial charge in [0.05, 0.1) is 16.3 Å². The van der Waals surface area contributed by atoms with Gasteiger partial charge >= 0.3 is 0 Å². The molecule has 1 amide bonds. The highest BCUT2D eigenvalue weighted by Crippen LogP contribution is 2.29. The minimum Gasteiger partial charge on any atom is -0.455 e. The zero-order valence-corrected chi connectivity index (χ0v) is 15.7. The zero-order chi connectivity index (χ0) is 20.0. The molecule has 7 heteroatoms. The Balaban J connectivity index is 1.64. The van der Waals surface area contributed by atoms with Gasteiger partial charge in [-0.3, -0.25) is 4.79 Å². The minimum absolute atomic E-state index is 0.0190. The van der Waals surface area contributed by atoms with E-state index in [9.17, 15) is 17.6 Å². The Morgan fingerprint density at radius 3 is 2.25 bits per heavy atom. The summed E-state index contributed by atoms with van der Waals surface area (Å²) in [6.07, 6.45) is -0.237. The number of para-hydroxylation sites is 3. The van der Waals surface area contributed by atoms with E-state index in [4.69, 9.17) is 4.74 Å². The van der Waals surface area contributed by atoms with Crippen LogP contribution in [0.25, 0.3) is 0 Å². The lowest BCUT2D eigenvalue weighted by Crippen LogP contribution is -2.17. The van der Waals surface area contributed by atoms with Crippen molar-refractivity contribution in [1.82, 2.24) is 0 Å². The molecule has 0 atom stereocenters. The van der Waals surface area contributed by atoms with Crippen molar-refractivity contribution in [3.8, 4) is 11.5 Å². The van der Waals surface area contributed by atoms with Gasteiger partial charge in [-0.25, -0.2) is 12.8 Å². The molecule has 144 valence electrons. The highest BCUT2D eigenvalue weighted by Gasteiger charge is 2.17. The molecule has 0 aliphatic rings. The summed E-state index contributed by atoms with van der Waals surface area (Å²) in [4.78, 5) is 12.2. The van der Waals surface area contributed by atoms with Crippen LogP contribution in [0.2, 0.25) is 0 Å². The van der Waals surface area contributed by atoms with E-state index in [0.717, 1.165) is 12.1 Å². The monoisotopic (exact) mass is 399 g/mol. The second-order valence-corrected chi connectivity index (χ2v) is 8.09. The van der Waals surface area contributed by atoms with E-state index in [2.05, 4.69) is 5.32 Å². The quantitative estimate of drug-likeness (QED) is 0.597. The van der Waals surface area contributed by atoms with E-state index in [1.54, 1.807) is 36.4 Å². The van der Waals surface area contributed by atoms with Gasteiger partial charge < -0.3 is 10.1 Å². The van der Waals surface area contributed by atoms with Crippen molar-refractivity contribution in [2.45, 2.75) is 11.3 Å². The van der Waals surface area contributed by atoms with Crippen molar-refractivity contribution in [2.75, 3.05) is 11.1 Å². The molecule has 3 rings (SSSR count). The third kappa shape index (κ3) is 5.17. The van der Waals surface area contributed by atoms with Crippen LogP contribution in [-0.2, 0) is 14.6 Å². The molecule has 0 saturated carbocycles. The number of sulfone groups is 1. The van der Waals surface area contributed by atoms with Crippen LogP contribution >= 0.6 is 0 Å². The van der Waals surface area contributed by atoms with E-state index in [-0.39, 0.29) is 17.1 Å². The van der Waals surface area contributed by atoms with E-state index in [0.29, 0.717) is 17.2 Å². The molecule has 0 bridgehead atoms. The van der Waals surface area contributed by atoms with Crippen LogP contribution in [0, 0.1) is 5.82 Å². The number of carbonyl (C=O) groups is 1. The van der Waals surface area contributed by atoms with Crippen molar-refractivity contribution < 1.29 is 22.3 Å². The van der Waals surface area contributed by atoms with Crippen LogP contribution in [0.4, 0.5) is 10.1 Å². The van der Waals surface area contributed by atoms with Crippen molar-refractivity contribution >= 4 is 21.4 Å². The third-order valence-electron chi connectivity index (χ3n) is 3.90. The maximum absolute atomic E-state index is 13.0. The molecule has 0 heterocycles. The Bertz CT molecular complexity index is 1050. The lowest BCUT2D eigenvalue weighted by Gasteiger charge is -2.12. The predicted molar refractivity (Wildman–Crippen MR) is 105 cm³/mol. The van der Waals surface area contributed by atoms with E-state index in [1.165, 1.54) is 12.1 Å². The van der Waals surface area contributed by atoms with Crippen LogP contribution in [0.15, 0.2) is 83.8 Å². The number of nitrogens with one attached hydrogen (secondary N) is 1. The SMILES string of the molecule is O=C(CCS(=O)(=O)c1ccc(F)cc1)Nc1ccccc1Oc1ccccc1. The largest absolute Gasteiger partial charge is 0.455 e. The van der Waals surface area contributed by atoms with Crippen LogP contribution in [0.1, 0.15) is 6.42 Å². The molecule has 28 heavy (non-hydrogen) atoms. The fourth-order valence-corrected chi connectivity index (χ4v) is 3.71. The molecular weight excluding hydrogens is 381 g/mol. The summed E-state index contributed by atoms with van der Waals surface area (Å²) in [6, 6.07) is 20.5. The van der Waals surface area contributed by atoms with Gasteiger partial charge in [0.15, 0.2) is 15.6 Å². The third-order valence-corrected chi connectivity index (χ3v) is 5.63. The molecule has 0 spiro atoms. The number of carbonyl (C=O) groups excluding carboxylic acids is 1. The molecule has 3 aromatic carbocycles. The van der Waals surface area contributed by atoms with Gasteiger partial charge in [-0.2, -0.15) is 0 Å². The Hall–Kier alpha value is -3.19. The summed E-state index contributed by atoms with van der Waals surface area (Å²) < 4.78 is 43.3. The van der Waals surface area contributed by atoms with E-state index < -0.39 is 21.6 Å². The molecule has 0 aliphatic carbocycles.